The first-order chi connectivity index (χ1) is 6.76. The lowest BCUT2D eigenvalue weighted by Gasteiger charge is -2.25. The second-order valence-electron chi connectivity index (χ2n) is 3.19. The number of benzene rings is 1. The van der Waals surface area contributed by atoms with Gasteiger partial charge in [-0.1, -0.05) is 30.3 Å². The molecule has 0 saturated carbocycles. The number of rotatable bonds is 5. The molecule has 0 heterocycles. The Kier molecular flexibility index (Phi) is 4.28. The third kappa shape index (κ3) is 2.65. The van der Waals surface area contributed by atoms with Crippen molar-refractivity contribution in [3.05, 3.63) is 35.9 Å². The molecule has 0 amide bonds. The Labute approximate surface area is 86.1 Å². The summed E-state index contributed by atoms with van der Waals surface area (Å²) in [7, 11) is 1.16. The third-order valence-corrected chi connectivity index (χ3v) is 5.43. The molecule has 0 spiro atoms. The van der Waals surface area contributed by atoms with E-state index in [9.17, 15) is 0 Å². The molecular weight excluding hydrogens is 194 g/mol. The molecular formula is C10H17NO2Si. The average Bonchev–Trinajstić information content (AvgIpc) is 2.28. The van der Waals surface area contributed by atoms with E-state index in [0.717, 1.165) is 6.04 Å². The molecule has 14 heavy (non-hydrogen) atoms. The standard InChI is InChI=1S/C10H17NO2Si/c1-12-14(9-11,13-2)8-10-6-4-3-5-7-10/h3-7H,8-9,11H2,1-2H3. The van der Waals surface area contributed by atoms with Crippen molar-refractivity contribution >= 4 is 8.56 Å². The van der Waals surface area contributed by atoms with Crippen LogP contribution in [0.1, 0.15) is 5.56 Å². The van der Waals surface area contributed by atoms with Gasteiger partial charge in [-0.2, -0.15) is 0 Å². The zero-order valence-electron chi connectivity index (χ0n) is 8.69. The molecule has 1 aromatic carbocycles. The summed E-state index contributed by atoms with van der Waals surface area (Å²) in [5, 5.41) is 0. The highest BCUT2D eigenvalue weighted by Gasteiger charge is 2.33. The van der Waals surface area contributed by atoms with Crippen molar-refractivity contribution in [3.8, 4) is 0 Å². The molecule has 0 aliphatic carbocycles. The third-order valence-electron chi connectivity index (χ3n) is 2.37. The van der Waals surface area contributed by atoms with E-state index < -0.39 is 8.56 Å². The minimum absolute atomic E-state index is 0.481. The molecule has 1 rings (SSSR count). The van der Waals surface area contributed by atoms with Crippen molar-refractivity contribution in [1.82, 2.24) is 0 Å². The van der Waals surface area contributed by atoms with E-state index >= 15 is 0 Å². The first-order valence-electron chi connectivity index (χ1n) is 4.60. The summed E-state index contributed by atoms with van der Waals surface area (Å²) in [6.07, 6.45) is 0.481. The normalized spacial score (nSPS) is 11.6. The number of hydrogen-bond donors (Lipinski definition) is 1. The van der Waals surface area contributed by atoms with Crippen LogP contribution in [0.2, 0.25) is 0 Å². The largest absolute Gasteiger partial charge is 0.397 e. The fraction of sp³-hybridized carbons (Fsp3) is 0.400. The lowest BCUT2D eigenvalue weighted by atomic mass is 10.2. The maximum absolute atomic E-state index is 5.69. The van der Waals surface area contributed by atoms with Gasteiger partial charge in [0.05, 0.1) is 0 Å². The smallest absolute Gasteiger partial charge is 0.356 e. The molecule has 78 valence electrons. The topological polar surface area (TPSA) is 44.5 Å². The quantitative estimate of drug-likeness (QED) is 0.739. The average molecular weight is 211 g/mol. The van der Waals surface area contributed by atoms with Gasteiger partial charge in [-0.25, -0.2) is 0 Å². The van der Waals surface area contributed by atoms with Gasteiger partial charge in [-0.05, 0) is 5.56 Å². The van der Waals surface area contributed by atoms with E-state index in [1.807, 2.05) is 18.2 Å². The van der Waals surface area contributed by atoms with Crippen LogP contribution in [0.4, 0.5) is 0 Å². The van der Waals surface area contributed by atoms with E-state index in [1.165, 1.54) is 5.56 Å². The Morgan fingerprint density at radius 3 is 2.14 bits per heavy atom. The monoisotopic (exact) mass is 211 g/mol. The molecule has 0 atom stereocenters. The molecule has 0 aromatic heterocycles. The van der Waals surface area contributed by atoms with Gasteiger partial charge in [0, 0.05) is 26.4 Å². The van der Waals surface area contributed by atoms with Gasteiger partial charge in [0.25, 0.3) is 0 Å². The van der Waals surface area contributed by atoms with Crippen LogP contribution >= 0.6 is 0 Å². The summed E-state index contributed by atoms with van der Waals surface area (Å²) in [5.41, 5.74) is 6.90. The molecule has 3 nitrogen and oxygen atoms in total. The summed E-state index contributed by atoms with van der Waals surface area (Å²) in [6, 6.07) is 10.9. The van der Waals surface area contributed by atoms with Gasteiger partial charge in [0.1, 0.15) is 0 Å². The van der Waals surface area contributed by atoms with Crippen LogP contribution in [0.3, 0.4) is 0 Å². The highest BCUT2D eigenvalue weighted by atomic mass is 28.4. The summed E-state index contributed by atoms with van der Waals surface area (Å²) in [6.45, 7) is 0. The Morgan fingerprint density at radius 2 is 1.71 bits per heavy atom. The zero-order valence-corrected chi connectivity index (χ0v) is 9.69. The van der Waals surface area contributed by atoms with Crippen molar-refractivity contribution < 1.29 is 8.85 Å². The van der Waals surface area contributed by atoms with Crippen LogP contribution in [-0.2, 0) is 14.9 Å². The van der Waals surface area contributed by atoms with Gasteiger partial charge in [-0.15, -0.1) is 0 Å². The van der Waals surface area contributed by atoms with E-state index in [2.05, 4.69) is 12.1 Å². The molecule has 1 aromatic rings. The van der Waals surface area contributed by atoms with Gasteiger partial charge >= 0.3 is 8.56 Å². The number of hydrogen-bond acceptors (Lipinski definition) is 3. The van der Waals surface area contributed by atoms with E-state index in [4.69, 9.17) is 14.6 Å². The van der Waals surface area contributed by atoms with E-state index in [1.54, 1.807) is 14.2 Å². The molecule has 0 aliphatic rings. The molecule has 4 heteroatoms. The first kappa shape index (κ1) is 11.4. The summed E-state index contributed by atoms with van der Waals surface area (Å²) in [5.74, 6) is 0. The lowest BCUT2D eigenvalue weighted by Crippen LogP contribution is -2.50. The molecule has 0 aliphatic heterocycles. The van der Waals surface area contributed by atoms with E-state index in [0.29, 0.717) is 6.17 Å². The van der Waals surface area contributed by atoms with Crippen LogP contribution in [0.25, 0.3) is 0 Å². The fourth-order valence-electron chi connectivity index (χ4n) is 1.37. The van der Waals surface area contributed by atoms with Crippen LogP contribution in [0.15, 0.2) is 30.3 Å². The molecule has 0 unspecified atom stereocenters. The SMILES string of the molecule is CO[Si](CN)(Cc1ccccc1)OC. The van der Waals surface area contributed by atoms with Crippen molar-refractivity contribution in [2.24, 2.45) is 5.73 Å². The summed E-state index contributed by atoms with van der Waals surface area (Å²) < 4.78 is 10.9. The fourth-order valence-corrected chi connectivity index (χ4v) is 3.16. The van der Waals surface area contributed by atoms with Gasteiger partial charge in [-0.3, -0.25) is 0 Å². The second kappa shape index (κ2) is 5.26. The Balaban J connectivity index is 2.74. The molecule has 0 bridgehead atoms. The van der Waals surface area contributed by atoms with Gasteiger partial charge < -0.3 is 14.6 Å². The van der Waals surface area contributed by atoms with Crippen molar-refractivity contribution in [2.75, 3.05) is 20.4 Å². The number of nitrogens with two attached hydrogens (primary N) is 1. The minimum Gasteiger partial charge on any atom is -0.397 e. The second-order valence-corrected chi connectivity index (χ2v) is 6.59. The summed E-state index contributed by atoms with van der Waals surface area (Å²) in [4.78, 5) is 0. The Morgan fingerprint density at radius 1 is 1.14 bits per heavy atom. The predicted octanol–water partition coefficient (Wildman–Crippen LogP) is 1.00. The van der Waals surface area contributed by atoms with Gasteiger partial charge in [0.15, 0.2) is 0 Å². The van der Waals surface area contributed by atoms with E-state index in [-0.39, 0.29) is 0 Å². The molecule has 0 fully saturated rings. The molecule has 2 N–H and O–H groups in total. The zero-order chi connectivity index (χ0) is 10.4. The maximum Gasteiger partial charge on any atom is 0.356 e. The predicted molar refractivity (Wildman–Crippen MR) is 59.0 cm³/mol. The van der Waals surface area contributed by atoms with Crippen LogP contribution in [0, 0.1) is 0 Å². The van der Waals surface area contributed by atoms with Crippen molar-refractivity contribution in [3.63, 3.8) is 0 Å². The van der Waals surface area contributed by atoms with Crippen molar-refractivity contribution in [2.45, 2.75) is 6.04 Å². The first-order valence-corrected chi connectivity index (χ1v) is 6.84. The van der Waals surface area contributed by atoms with Crippen LogP contribution in [-0.4, -0.2) is 28.9 Å². The summed E-state index contributed by atoms with van der Waals surface area (Å²) >= 11 is 0. The van der Waals surface area contributed by atoms with Crippen LogP contribution in [0.5, 0.6) is 0 Å². The Bertz CT molecular complexity index is 254. The van der Waals surface area contributed by atoms with Crippen molar-refractivity contribution in [1.29, 1.82) is 0 Å². The van der Waals surface area contributed by atoms with Gasteiger partial charge in [0.2, 0.25) is 0 Å². The molecule has 0 radical (unpaired) electrons. The maximum atomic E-state index is 5.69. The lowest BCUT2D eigenvalue weighted by molar-refractivity contribution is 0.242. The minimum atomic E-state index is -2.18. The highest BCUT2D eigenvalue weighted by Crippen LogP contribution is 2.12. The molecule has 0 saturated heterocycles. The van der Waals surface area contributed by atoms with Crippen LogP contribution < -0.4 is 5.73 Å². The Hall–Kier alpha value is -0.683. The highest BCUT2D eigenvalue weighted by molar-refractivity contribution is 6.67.